The van der Waals surface area contributed by atoms with Crippen LogP contribution in [-0.2, 0) is 14.4 Å². The van der Waals surface area contributed by atoms with E-state index in [1.165, 1.54) is 16.7 Å². The smallest absolute Gasteiger partial charge is 0.283 e. The van der Waals surface area contributed by atoms with Crippen LogP contribution >= 0.6 is 11.8 Å². The van der Waals surface area contributed by atoms with Crippen molar-refractivity contribution in [3.8, 4) is 5.75 Å². The normalized spacial score (nSPS) is 17.2. The van der Waals surface area contributed by atoms with Gasteiger partial charge in [-0.15, -0.1) is 0 Å². The minimum atomic E-state index is -0.261. The number of hydrogen-bond acceptors (Lipinski definition) is 6. The van der Waals surface area contributed by atoms with Crippen LogP contribution in [0.15, 0.2) is 53.2 Å². The number of ether oxygens (including phenoxy) is 1. The molecule has 1 fully saturated rings. The number of carbonyl (C=O) groups is 3. The molecule has 2 heterocycles. The first-order valence-corrected chi connectivity index (χ1v) is 11.7. The Morgan fingerprint density at radius 1 is 1.12 bits per heavy atom. The standard InChI is InChI=1S/C25H25N3O4S/c1-16-11-17(2)13-19(12-16)28-24(31)21(14-18-6-8-20(32-3)9-7-18)26-25(28)33-15-23(30)27-10-4-5-22(27)29/h6-9,11-14H,4-5,10,15H2,1-3H3/b21-14-. The van der Waals surface area contributed by atoms with Crippen LogP contribution < -0.4 is 9.64 Å². The summed E-state index contributed by atoms with van der Waals surface area (Å²) in [7, 11) is 1.60. The summed E-state index contributed by atoms with van der Waals surface area (Å²) in [6, 6.07) is 13.2. The maximum absolute atomic E-state index is 13.4. The van der Waals surface area contributed by atoms with E-state index < -0.39 is 0 Å². The van der Waals surface area contributed by atoms with E-state index in [2.05, 4.69) is 4.99 Å². The molecule has 3 amide bonds. The van der Waals surface area contributed by atoms with Gasteiger partial charge >= 0.3 is 0 Å². The zero-order valence-electron chi connectivity index (χ0n) is 18.8. The molecule has 0 unspecified atom stereocenters. The molecule has 2 aliphatic rings. The Hall–Kier alpha value is -3.39. The predicted molar refractivity (Wildman–Crippen MR) is 130 cm³/mol. The first kappa shape index (κ1) is 22.8. The largest absolute Gasteiger partial charge is 0.497 e. The summed E-state index contributed by atoms with van der Waals surface area (Å²) in [6.07, 6.45) is 2.81. The predicted octanol–water partition coefficient (Wildman–Crippen LogP) is 3.94. The van der Waals surface area contributed by atoms with E-state index in [4.69, 9.17) is 4.74 Å². The number of aryl methyl sites for hydroxylation is 2. The minimum absolute atomic E-state index is 0.0367. The monoisotopic (exact) mass is 463 g/mol. The lowest BCUT2D eigenvalue weighted by atomic mass is 10.1. The highest BCUT2D eigenvalue weighted by molar-refractivity contribution is 8.14. The lowest BCUT2D eigenvalue weighted by Gasteiger charge is -2.20. The van der Waals surface area contributed by atoms with Gasteiger partial charge in [0, 0.05) is 13.0 Å². The number of likely N-dealkylation sites (tertiary alicyclic amines) is 1. The lowest BCUT2D eigenvalue weighted by molar-refractivity contribution is -0.140. The Labute approximate surface area is 197 Å². The second kappa shape index (κ2) is 9.62. The highest BCUT2D eigenvalue weighted by atomic mass is 32.2. The van der Waals surface area contributed by atoms with Crippen molar-refractivity contribution in [3.05, 3.63) is 64.9 Å². The summed E-state index contributed by atoms with van der Waals surface area (Å²) < 4.78 is 5.19. The number of thioether (sulfide) groups is 1. The Kier molecular flexibility index (Phi) is 6.65. The fourth-order valence-corrected chi connectivity index (χ4v) is 4.76. The highest BCUT2D eigenvalue weighted by Crippen LogP contribution is 2.31. The molecule has 0 aromatic heterocycles. The molecule has 7 nitrogen and oxygen atoms in total. The second-order valence-corrected chi connectivity index (χ2v) is 8.96. The summed E-state index contributed by atoms with van der Waals surface area (Å²) in [6.45, 7) is 4.39. The highest BCUT2D eigenvalue weighted by Gasteiger charge is 2.34. The van der Waals surface area contributed by atoms with Gasteiger partial charge in [0.05, 0.1) is 18.6 Å². The van der Waals surface area contributed by atoms with Crippen LogP contribution in [0.3, 0.4) is 0 Å². The van der Waals surface area contributed by atoms with Crippen molar-refractivity contribution in [3.63, 3.8) is 0 Å². The van der Waals surface area contributed by atoms with Gasteiger partial charge in [-0.2, -0.15) is 0 Å². The zero-order valence-corrected chi connectivity index (χ0v) is 19.6. The molecule has 0 N–H and O–H groups in total. The average molecular weight is 464 g/mol. The Bertz CT molecular complexity index is 1150. The Balaban J connectivity index is 1.63. The number of imide groups is 1. The van der Waals surface area contributed by atoms with Crippen LogP contribution in [-0.4, -0.2) is 47.2 Å². The number of aliphatic imine (C=N–C) groups is 1. The van der Waals surface area contributed by atoms with Gasteiger partial charge in [0.1, 0.15) is 11.4 Å². The quantitative estimate of drug-likeness (QED) is 0.628. The molecule has 1 saturated heterocycles. The topological polar surface area (TPSA) is 79.3 Å². The summed E-state index contributed by atoms with van der Waals surface area (Å²) >= 11 is 1.17. The van der Waals surface area contributed by atoms with Crippen molar-refractivity contribution in [1.29, 1.82) is 0 Å². The number of amidine groups is 1. The molecule has 170 valence electrons. The van der Waals surface area contributed by atoms with Crippen molar-refractivity contribution < 1.29 is 19.1 Å². The minimum Gasteiger partial charge on any atom is -0.497 e. The van der Waals surface area contributed by atoms with Crippen LogP contribution in [0.25, 0.3) is 6.08 Å². The van der Waals surface area contributed by atoms with Gasteiger partial charge in [0.25, 0.3) is 5.91 Å². The van der Waals surface area contributed by atoms with Crippen molar-refractivity contribution in [2.24, 2.45) is 4.99 Å². The fourth-order valence-electron chi connectivity index (χ4n) is 3.87. The van der Waals surface area contributed by atoms with Crippen LogP contribution in [0.2, 0.25) is 0 Å². The molecule has 2 aromatic carbocycles. The first-order valence-electron chi connectivity index (χ1n) is 10.7. The van der Waals surface area contributed by atoms with Crippen LogP contribution in [0.4, 0.5) is 5.69 Å². The zero-order chi connectivity index (χ0) is 23.5. The van der Waals surface area contributed by atoms with Gasteiger partial charge in [0.15, 0.2) is 5.17 Å². The molecule has 0 saturated carbocycles. The number of hydrogen-bond donors (Lipinski definition) is 0. The molecular formula is C25H25N3O4S. The fraction of sp³-hybridized carbons (Fsp3) is 0.280. The van der Waals surface area contributed by atoms with E-state index in [9.17, 15) is 14.4 Å². The SMILES string of the molecule is COc1ccc(/C=C2\N=C(SCC(=O)N3CCCC3=O)N(c3cc(C)cc(C)c3)C2=O)cc1. The van der Waals surface area contributed by atoms with Gasteiger partial charge in [0.2, 0.25) is 11.8 Å². The molecule has 2 aromatic rings. The molecule has 8 heteroatoms. The number of anilines is 1. The maximum atomic E-state index is 13.4. The van der Waals surface area contributed by atoms with Gasteiger partial charge in [-0.25, -0.2) is 4.99 Å². The van der Waals surface area contributed by atoms with Crippen LogP contribution in [0, 0.1) is 13.8 Å². The Morgan fingerprint density at radius 2 is 1.82 bits per heavy atom. The molecular weight excluding hydrogens is 438 g/mol. The molecule has 4 rings (SSSR count). The first-order chi connectivity index (χ1) is 15.9. The number of methoxy groups -OCH3 is 1. The number of carbonyl (C=O) groups excluding carboxylic acids is 3. The average Bonchev–Trinajstić information content (AvgIpc) is 3.35. The maximum Gasteiger partial charge on any atom is 0.283 e. The molecule has 0 spiro atoms. The van der Waals surface area contributed by atoms with Crippen molar-refractivity contribution in [1.82, 2.24) is 4.90 Å². The third-order valence-electron chi connectivity index (χ3n) is 5.41. The summed E-state index contributed by atoms with van der Waals surface area (Å²) in [5.74, 6) is 0.0981. The van der Waals surface area contributed by atoms with E-state index >= 15 is 0 Å². The van der Waals surface area contributed by atoms with Gasteiger partial charge in [-0.1, -0.05) is 30.0 Å². The molecule has 0 atom stereocenters. The molecule has 0 bridgehead atoms. The molecule has 2 aliphatic heterocycles. The van der Waals surface area contributed by atoms with E-state index in [1.54, 1.807) is 18.1 Å². The van der Waals surface area contributed by atoms with Gasteiger partial charge in [-0.05, 0) is 67.3 Å². The number of benzene rings is 2. The van der Waals surface area contributed by atoms with Crippen molar-refractivity contribution in [2.75, 3.05) is 24.3 Å². The molecule has 0 aliphatic carbocycles. The van der Waals surface area contributed by atoms with Crippen LogP contribution in [0.1, 0.15) is 29.5 Å². The Morgan fingerprint density at radius 3 is 2.42 bits per heavy atom. The van der Waals surface area contributed by atoms with Gasteiger partial charge in [-0.3, -0.25) is 24.2 Å². The third-order valence-corrected chi connectivity index (χ3v) is 6.34. The van der Waals surface area contributed by atoms with Crippen LogP contribution in [0.5, 0.6) is 5.75 Å². The second-order valence-electron chi connectivity index (χ2n) is 8.01. The summed E-state index contributed by atoms with van der Waals surface area (Å²) in [4.78, 5) is 45.3. The van der Waals surface area contributed by atoms with Crippen molar-refractivity contribution in [2.45, 2.75) is 26.7 Å². The molecule has 33 heavy (non-hydrogen) atoms. The van der Waals surface area contributed by atoms with Crippen molar-refractivity contribution >= 4 is 46.4 Å². The molecule has 0 radical (unpaired) electrons. The summed E-state index contributed by atoms with van der Waals surface area (Å²) in [5, 5.41) is 0.421. The van der Waals surface area contributed by atoms with E-state index in [0.717, 1.165) is 22.4 Å². The number of rotatable bonds is 5. The van der Waals surface area contributed by atoms with E-state index in [-0.39, 0.29) is 29.2 Å². The van der Waals surface area contributed by atoms with Gasteiger partial charge < -0.3 is 4.74 Å². The number of amides is 3. The number of nitrogens with zero attached hydrogens (tertiary/aromatic N) is 3. The summed E-state index contributed by atoms with van der Waals surface area (Å²) in [5.41, 5.74) is 3.84. The third kappa shape index (κ3) is 5.01. The van der Waals surface area contributed by atoms with E-state index in [1.807, 2.05) is 56.3 Å². The van der Waals surface area contributed by atoms with E-state index in [0.29, 0.717) is 30.2 Å². The lowest BCUT2D eigenvalue weighted by Crippen LogP contribution is -2.35.